The first-order valence-corrected chi connectivity index (χ1v) is 32.8. The molecule has 12 rings (SSSR count). The van der Waals surface area contributed by atoms with Crippen LogP contribution in [0.4, 0.5) is 17.1 Å². The van der Waals surface area contributed by atoms with E-state index < -0.39 is 5.41 Å². The quantitative estimate of drug-likeness (QED) is 0.0480. The fourth-order valence-electron chi connectivity index (χ4n) is 13.7. The Morgan fingerprint density at radius 1 is 0.395 bits per heavy atom. The number of nitrogens with zero attached hydrogens (tertiary/aromatic N) is 1. The first kappa shape index (κ1) is 58.4. The van der Waals surface area contributed by atoms with Gasteiger partial charge in [0, 0.05) is 5.69 Å². The zero-order valence-electron chi connectivity index (χ0n) is 51.9. The van der Waals surface area contributed by atoms with E-state index in [4.69, 9.17) is 18.9 Å². The number of hydrogen-bond acceptors (Lipinski definition) is 5. The van der Waals surface area contributed by atoms with Crippen molar-refractivity contribution in [3.8, 4) is 84.4 Å². The molecule has 5 nitrogen and oxygen atoms in total. The van der Waals surface area contributed by atoms with Crippen molar-refractivity contribution in [2.24, 2.45) is 5.92 Å². The molecule has 9 aromatic carbocycles. The van der Waals surface area contributed by atoms with Crippen molar-refractivity contribution in [1.82, 2.24) is 0 Å². The van der Waals surface area contributed by atoms with Crippen LogP contribution in [0, 0.1) is 19.8 Å². The molecule has 3 aliphatic rings. The lowest BCUT2D eigenvalue weighted by Crippen LogP contribution is -2.26. The number of hydrogen-bond donors (Lipinski definition) is 0. The van der Waals surface area contributed by atoms with E-state index in [0.29, 0.717) is 19.1 Å². The van der Waals surface area contributed by atoms with E-state index in [9.17, 15) is 0 Å². The minimum absolute atomic E-state index is 0.553. The summed E-state index contributed by atoms with van der Waals surface area (Å²) in [5.41, 5.74) is 21.9. The summed E-state index contributed by atoms with van der Waals surface area (Å²) < 4.78 is 27.5. The van der Waals surface area contributed by atoms with Crippen LogP contribution in [0.2, 0.25) is 0 Å². The van der Waals surface area contributed by atoms with Crippen LogP contribution in [-0.2, 0) is 5.41 Å². The second kappa shape index (κ2) is 26.7. The maximum Gasteiger partial charge on any atom is 0.161 e. The van der Waals surface area contributed by atoms with Gasteiger partial charge >= 0.3 is 0 Å². The molecular formula is C81H87NO4. The lowest BCUT2D eigenvalue weighted by atomic mass is 9.69. The smallest absolute Gasteiger partial charge is 0.161 e. The van der Waals surface area contributed by atoms with Crippen molar-refractivity contribution in [2.75, 3.05) is 24.7 Å². The largest absolute Gasteiger partial charge is 0.493 e. The molecule has 1 spiro atoms. The Kier molecular flexibility index (Phi) is 18.1. The monoisotopic (exact) mass is 1140 g/mol. The molecule has 1 aliphatic heterocycles. The second-order valence-corrected chi connectivity index (χ2v) is 24.6. The van der Waals surface area contributed by atoms with E-state index in [-0.39, 0.29) is 0 Å². The third kappa shape index (κ3) is 11.7. The van der Waals surface area contributed by atoms with E-state index in [1.807, 2.05) is 0 Å². The zero-order chi connectivity index (χ0) is 59.0. The molecule has 0 N–H and O–H groups in total. The predicted octanol–water partition coefficient (Wildman–Crippen LogP) is 23.3. The van der Waals surface area contributed by atoms with Gasteiger partial charge < -0.3 is 23.8 Å². The molecule has 2 unspecified atom stereocenters. The molecule has 5 heteroatoms. The van der Waals surface area contributed by atoms with Gasteiger partial charge in [0.25, 0.3) is 0 Å². The molecule has 0 amide bonds. The van der Waals surface area contributed by atoms with Gasteiger partial charge in [-0.05, 0) is 201 Å². The normalized spacial score (nSPS) is 14.4. The van der Waals surface area contributed by atoms with E-state index >= 15 is 0 Å². The molecule has 0 saturated heterocycles. The highest BCUT2D eigenvalue weighted by atomic mass is 16.5. The third-order valence-corrected chi connectivity index (χ3v) is 18.8. The van der Waals surface area contributed by atoms with Crippen LogP contribution in [0.3, 0.4) is 0 Å². The fourth-order valence-corrected chi connectivity index (χ4v) is 13.7. The van der Waals surface area contributed by atoms with Gasteiger partial charge in [-0.1, -0.05) is 220 Å². The molecule has 1 heterocycles. The number of aryl methyl sites for hydroxylation is 2. The number of unbranched alkanes of at least 4 members (excludes halogenated alkanes) is 11. The molecule has 0 radical (unpaired) electrons. The SMILES string of the molecule is CCCCCCCCOc1cc2c(cc1OCCCCCCCC)C1(c3cc(-c4ccccc4)ccc3-c3ccc(-c4ccc5c(c4)Oc4cc(-c6ccccc6)ccc4N5c4ccc(OCC(CC)CCCC)cc4)cc31)c1cc(C)c(C)cc1-2. The number of rotatable bonds is 27. The van der Waals surface area contributed by atoms with Crippen molar-refractivity contribution < 1.29 is 18.9 Å². The Labute approximate surface area is 513 Å². The van der Waals surface area contributed by atoms with Gasteiger partial charge in [-0.15, -0.1) is 0 Å². The summed E-state index contributed by atoms with van der Waals surface area (Å²) in [7, 11) is 0. The summed E-state index contributed by atoms with van der Waals surface area (Å²) in [6.07, 6.45) is 19.2. The van der Waals surface area contributed by atoms with Crippen molar-refractivity contribution in [2.45, 2.75) is 150 Å². The highest BCUT2D eigenvalue weighted by molar-refractivity contribution is 5.98. The molecule has 2 atom stereocenters. The maximum atomic E-state index is 7.15. The van der Waals surface area contributed by atoms with Gasteiger partial charge in [0.1, 0.15) is 5.75 Å². The minimum Gasteiger partial charge on any atom is -0.493 e. The molecule has 0 bridgehead atoms. The van der Waals surface area contributed by atoms with Crippen LogP contribution >= 0.6 is 0 Å². The van der Waals surface area contributed by atoms with Crippen LogP contribution in [0.5, 0.6) is 28.7 Å². The van der Waals surface area contributed by atoms with E-state index in [2.05, 4.69) is 228 Å². The lowest BCUT2D eigenvalue weighted by molar-refractivity contribution is 0.233. The predicted molar refractivity (Wildman–Crippen MR) is 360 cm³/mol. The summed E-state index contributed by atoms with van der Waals surface area (Å²) in [6, 6.07) is 67.6. The Balaban J connectivity index is 0.983. The Morgan fingerprint density at radius 2 is 0.860 bits per heavy atom. The number of ether oxygens (including phenoxy) is 4. The highest BCUT2D eigenvalue weighted by Crippen LogP contribution is 2.65. The average molecular weight is 1140 g/mol. The summed E-state index contributed by atoms with van der Waals surface area (Å²) >= 11 is 0. The summed E-state index contributed by atoms with van der Waals surface area (Å²) in [6.45, 7) is 15.7. The van der Waals surface area contributed by atoms with Crippen molar-refractivity contribution >= 4 is 17.1 Å². The van der Waals surface area contributed by atoms with E-state index in [0.717, 1.165) is 100 Å². The van der Waals surface area contributed by atoms with Crippen LogP contribution < -0.4 is 23.8 Å². The van der Waals surface area contributed by atoms with Crippen molar-refractivity contribution in [1.29, 1.82) is 0 Å². The molecule has 9 aromatic rings. The molecule has 0 aromatic heterocycles. The van der Waals surface area contributed by atoms with Crippen LogP contribution in [0.15, 0.2) is 182 Å². The number of fused-ring (bicyclic) bond motifs is 12. The molecular weight excluding hydrogens is 1050 g/mol. The van der Waals surface area contributed by atoms with Gasteiger partial charge in [-0.2, -0.15) is 0 Å². The molecule has 86 heavy (non-hydrogen) atoms. The molecule has 440 valence electrons. The third-order valence-electron chi connectivity index (χ3n) is 18.8. The lowest BCUT2D eigenvalue weighted by Gasteiger charge is -2.34. The van der Waals surface area contributed by atoms with Gasteiger partial charge in [0.15, 0.2) is 23.0 Å². The number of benzene rings is 9. The van der Waals surface area contributed by atoms with Crippen LogP contribution in [0.25, 0.3) is 55.6 Å². The van der Waals surface area contributed by atoms with Gasteiger partial charge in [-0.3, -0.25) is 0 Å². The maximum absolute atomic E-state index is 7.15. The summed E-state index contributed by atoms with van der Waals surface area (Å²) in [5, 5.41) is 0. The minimum atomic E-state index is -0.665. The van der Waals surface area contributed by atoms with Crippen LogP contribution in [0.1, 0.15) is 164 Å². The Morgan fingerprint density at radius 3 is 1.43 bits per heavy atom. The van der Waals surface area contributed by atoms with Crippen molar-refractivity contribution in [3.63, 3.8) is 0 Å². The zero-order valence-corrected chi connectivity index (χ0v) is 51.9. The Hall–Kier alpha value is -8.02. The average Bonchev–Trinajstić information content (AvgIpc) is 1.57. The first-order valence-electron chi connectivity index (χ1n) is 32.8. The van der Waals surface area contributed by atoms with Crippen LogP contribution in [-0.4, -0.2) is 19.8 Å². The molecule has 0 saturated carbocycles. The standard InChI is InChI=1S/C81H87NO4/c1-7-11-14-16-18-26-45-83-79-53-70-69-47-56(5)57(6)48-71(69)81(74(70)54-80(79)84-46-27-19-17-15-12-8-2)72-49-61(59-29-22-20-23-30-59)33-41-67(72)68-42-34-62(50-73(68)81)64-36-44-76-78(52-64)86-77-51-63(60-31-24-21-25-32-60)35-43-75(77)82(76)65-37-39-66(40-38-65)85-55-58(10-4)28-13-9-3/h20-25,29-44,47-54,58H,7-19,26-28,45-46,55H2,1-6H3. The summed E-state index contributed by atoms with van der Waals surface area (Å²) in [4.78, 5) is 2.35. The number of anilines is 3. The van der Waals surface area contributed by atoms with Gasteiger partial charge in [-0.25, -0.2) is 0 Å². The highest BCUT2D eigenvalue weighted by Gasteiger charge is 2.53. The summed E-state index contributed by atoms with van der Waals surface area (Å²) in [5.74, 6) is 4.75. The second-order valence-electron chi connectivity index (χ2n) is 24.6. The fraction of sp³-hybridized carbons (Fsp3) is 0.333. The van der Waals surface area contributed by atoms with Crippen molar-refractivity contribution in [3.05, 3.63) is 215 Å². The van der Waals surface area contributed by atoms with Gasteiger partial charge in [0.05, 0.1) is 36.6 Å². The Bertz CT molecular complexity index is 3790. The molecule has 2 aliphatic carbocycles. The molecule has 0 fully saturated rings. The van der Waals surface area contributed by atoms with Gasteiger partial charge in [0.2, 0.25) is 0 Å². The van der Waals surface area contributed by atoms with E-state index in [1.54, 1.807) is 0 Å². The first-order chi connectivity index (χ1) is 42.3. The topological polar surface area (TPSA) is 40.2 Å². The van der Waals surface area contributed by atoms with E-state index in [1.165, 1.54) is 144 Å².